The van der Waals surface area contributed by atoms with Crippen molar-refractivity contribution < 1.29 is 0 Å². The third kappa shape index (κ3) is 2.42. The van der Waals surface area contributed by atoms with Crippen LogP contribution in [0.5, 0.6) is 0 Å². The van der Waals surface area contributed by atoms with Gasteiger partial charge in [0.25, 0.3) is 0 Å². The Labute approximate surface area is 133 Å². The highest BCUT2D eigenvalue weighted by Gasteiger charge is 2.05. The van der Waals surface area contributed by atoms with E-state index in [1.807, 2.05) is 6.07 Å². The van der Waals surface area contributed by atoms with Crippen LogP contribution in [0.1, 0.15) is 0 Å². The molecule has 0 aliphatic carbocycles. The lowest BCUT2D eigenvalue weighted by Crippen LogP contribution is -1.89. The van der Waals surface area contributed by atoms with Crippen molar-refractivity contribution in [1.82, 2.24) is 0 Å². The van der Waals surface area contributed by atoms with Crippen molar-refractivity contribution in [3.05, 3.63) is 78.9 Å². The Morgan fingerprint density at radius 1 is 0.591 bits per heavy atom. The summed E-state index contributed by atoms with van der Waals surface area (Å²) >= 11 is 1.72. The van der Waals surface area contributed by atoms with Gasteiger partial charge in [-0.3, -0.25) is 0 Å². The monoisotopic (exact) mass is 301 g/mol. The number of nitrogen functional groups attached to an aromatic ring is 1. The molecule has 0 aliphatic rings. The van der Waals surface area contributed by atoms with Gasteiger partial charge in [-0.15, -0.1) is 0 Å². The van der Waals surface area contributed by atoms with Crippen molar-refractivity contribution in [1.29, 1.82) is 0 Å². The van der Waals surface area contributed by atoms with E-state index in [9.17, 15) is 0 Å². The summed E-state index contributed by atoms with van der Waals surface area (Å²) in [6, 6.07) is 27.5. The van der Waals surface area contributed by atoms with E-state index in [-0.39, 0.29) is 0 Å². The molecule has 4 aromatic carbocycles. The van der Waals surface area contributed by atoms with Gasteiger partial charge in [0.15, 0.2) is 0 Å². The van der Waals surface area contributed by atoms with Crippen LogP contribution in [-0.2, 0) is 0 Å². The molecule has 4 rings (SSSR count). The lowest BCUT2D eigenvalue weighted by atomic mass is 10.1. The quantitative estimate of drug-likeness (QED) is 0.479. The van der Waals surface area contributed by atoms with Gasteiger partial charge in [0, 0.05) is 15.5 Å². The summed E-state index contributed by atoms with van der Waals surface area (Å²) in [5.41, 5.74) is 7.06. The van der Waals surface area contributed by atoms with Crippen LogP contribution in [0.3, 0.4) is 0 Å². The van der Waals surface area contributed by atoms with Gasteiger partial charge in [-0.2, -0.15) is 0 Å². The molecule has 22 heavy (non-hydrogen) atoms. The molecule has 0 unspecified atom stereocenters. The fraction of sp³-hybridized carbons (Fsp3) is 0. The van der Waals surface area contributed by atoms with Gasteiger partial charge in [-0.25, -0.2) is 0 Å². The van der Waals surface area contributed by atoms with Crippen LogP contribution in [0, 0.1) is 0 Å². The van der Waals surface area contributed by atoms with E-state index in [1.54, 1.807) is 11.8 Å². The maximum Gasteiger partial charge on any atom is 0.0462 e. The predicted octanol–water partition coefficient (Wildman–Crippen LogP) is 5.73. The maximum atomic E-state index is 6.23. The topological polar surface area (TPSA) is 26.0 Å². The molecule has 4 aromatic rings. The maximum absolute atomic E-state index is 6.23. The molecule has 0 aromatic heterocycles. The molecule has 0 bridgehead atoms. The van der Waals surface area contributed by atoms with Crippen molar-refractivity contribution in [2.24, 2.45) is 0 Å². The molecule has 0 radical (unpaired) electrons. The summed E-state index contributed by atoms with van der Waals surface area (Å²) in [5, 5.41) is 4.92. The first-order valence-electron chi connectivity index (χ1n) is 7.24. The summed E-state index contributed by atoms with van der Waals surface area (Å²) in [6.07, 6.45) is 0. The third-order valence-electron chi connectivity index (χ3n) is 3.83. The van der Waals surface area contributed by atoms with Gasteiger partial charge in [0.1, 0.15) is 0 Å². The highest BCUT2D eigenvalue weighted by Crippen LogP contribution is 2.36. The summed E-state index contributed by atoms with van der Waals surface area (Å²) in [5.74, 6) is 0. The number of hydrogen-bond donors (Lipinski definition) is 1. The van der Waals surface area contributed by atoms with Crippen molar-refractivity contribution in [2.45, 2.75) is 9.79 Å². The van der Waals surface area contributed by atoms with Crippen LogP contribution < -0.4 is 5.73 Å². The lowest BCUT2D eigenvalue weighted by molar-refractivity contribution is 1.45. The molecule has 0 aliphatic heterocycles. The van der Waals surface area contributed by atoms with Gasteiger partial charge >= 0.3 is 0 Å². The van der Waals surface area contributed by atoms with Gasteiger partial charge in [0.2, 0.25) is 0 Å². The lowest BCUT2D eigenvalue weighted by Gasteiger charge is -2.08. The largest absolute Gasteiger partial charge is 0.398 e. The summed E-state index contributed by atoms with van der Waals surface area (Å²) in [4.78, 5) is 2.31. The Bertz CT molecular complexity index is 975. The molecule has 0 saturated carbocycles. The molecule has 0 amide bonds. The molecule has 0 spiro atoms. The van der Waals surface area contributed by atoms with E-state index < -0.39 is 0 Å². The molecule has 2 N–H and O–H groups in total. The standard InChI is InChI=1S/C20H15NS/c21-19-12-16-7-3-4-8-17(16)13-20(19)22-18-10-9-14-5-1-2-6-15(14)11-18/h1-13H,21H2. The first-order valence-corrected chi connectivity index (χ1v) is 8.06. The Morgan fingerprint density at radius 2 is 1.18 bits per heavy atom. The SMILES string of the molecule is Nc1cc2ccccc2cc1Sc1ccc2ccccc2c1. The molecule has 0 fully saturated rings. The Kier molecular flexibility index (Phi) is 3.24. The van der Waals surface area contributed by atoms with Crippen molar-refractivity contribution in [3.63, 3.8) is 0 Å². The smallest absolute Gasteiger partial charge is 0.0462 e. The number of fused-ring (bicyclic) bond motifs is 2. The van der Waals surface area contributed by atoms with Crippen LogP contribution in [0.15, 0.2) is 88.7 Å². The number of anilines is 1. The molecule has 106 valence electrons. The highest BCUT2D eigenvalue weighted by molar-refractivity contribution is 7.99. The number of hydrogen-bond acceptors (Lipinski definition) is 2. The van der Waals surface area contributed by atoms with Gasteiger partial charge < -0.3 is 5.73 Å². The van der Waals surface area contributed by atoms with Crippen LogP contribution in [0.4, 0.5) is 5.69 Å². The van der Waals surface area contributed by atoms with Crippen LogP contribution in [0.25, 0.3) is 21.5 Å². The molecule has 0 atom stereocenters. The molecule has 1 nitrogen and oxygen atoms in total. The van der Waals surface area contributed by atoms with E-state index in [1.165, 1.54) is 26.4 Å². The summed E-state index contributed by atoms with van der Waals surface area (Å²) in [6.45, 7) is 0. The minimum Gasteiger partial charge on any atom is -0.398 e. The third-order valence-corrected chi connectivity index (χ3v) is 4.89. The Balaban J connectivity index is 1.76. The average molecular weight is 301 g/mol. The molecular weight excluding hydrogens is 286 g/mol. The van der Waals surface area contributed by atoms with E-state index in [0.717, 1.165) is 10.6 Å². The zero-order valence-electron chi connectivity index (χ0n) is 12.0. The fourth-order valence-electron chi connectivity index (χ4n) is 2.68. The van der Waals surface area contributed by atoms with Crippen molar-refractivity contribution in [3.8, 4) is 0 Å². The van der Waals surface area contributed by atoms with Crippen molar-refractivity contribution >= 4 is 39.0 Å². The first kappa shape index (κ1) is 13.2. The second-order valence-electron chi connectivity index (χ2n) is 5.35. The number of rotatable bonds is 2. The Morgan fingerprint density at radius 3 is 1.91 bits per heavy atom. The number of benzene rings is 4. The Hall–Kier alpha value is -2.45. The van der Waals surface area contributed by atoms with Crippen LogP contribution in [0.2, 0.25) is 0 Å². The van der Waals surface area contributed by atoms with Crippen LogP contribution >= 0.6 is 11.8 Å². The first-order chi connectivity index (χ1) is 10.8. The summed E-state index contributed by atoms with van der Waals surface area (Å²) < 4.78 is 0. The van der Waals surface area contributed by atoms with E-state index >= 15 is 0 Å². The van der Waals surface area contributed by atoms with Gasteiger partial charge in [-0.05, 0) is 45.8 Å². The molecule has 2 heteroatoms. The zero-order valence-corrected chi connectivity index (χ0v) is 12.8. The average Bonchev–Trinajstić information content (AvgIpc) is 2.55. The zero-order chi connectivity index (χ0) is 14.9. The fourth-order valence-corrected chi connectivity index (χ4v) is 3.62. The van der Waals surface area contributed by atoms with Gasteiger partial charge in [0.05, 0.1) is 0 Å². The van der Waals surface area contributed by atoms with E-state index in [2.05, 4.69) is 72.8 Å². The molecule has 0 heterocycles. The van der Waals surface area contributed by atoms with E-state index in [0.29, 0.717) is 0 Å². The van der Waals surface area contributed by atoms with Crippen LogP contribution in [-0.4, -0.2) is 0 Å². The minimum atomic E-state index is 0.830. The minimum absolute atomic E-state index is 0.830. The second kappa shape index (κ2) is 5.39. The number of nitrogens with two attached hydrogens (primary N) is 1. The highest BCUT2D eigenvalue weighted by atomic mass is 32.2. The molecular formula is C20H15NS. The molecule has 0 saturated heterocycles. The normalized spacial score (nSPS) is 11.1. The summed E-state index contributed by atoms with van der Waals surface area (Å²) in [7, 11) is 0. The van der Waals surface area contributed by atoms with Gasteiger partial charge in [-0.1, -0.05) is 66.4 Å². The second-order valence-corrected chi connectivity index (χ2v) is 6.46. The van der Waals surface area contributed by atoms with E-state index in [4.69, 9.17) is 5.73 Å². The predicted molar refractivity (Wildman–Crippen MR) is 96.4 cm³/mol. The van der Waals surface area contributed by atoms with Crippen molar-refractivity contribution in [2.75, 3.05) is 5.73 Å².